The number of nitrogens with one attached hydrogen (secondary N) is 2. The highest BCUT2D eigenvalue weighted by molar-refractivity contribution is 6.30. The second kappa shape index (κ2) is 9.20. The van der Waals surface area contributed by atoms with Crippen LogP contribution in [-0.4, -0.2) is 28.2 Å². The van der Waals surface area contributed by atoms with Crippen LogP contribution in [0.15, 0.2) is 53.3 Å². The molecule has 2 N–H and O–H groups in total. The Kier molecular flexibility index (Phi) is 6.46. The fraction of sp³-hybridized carbons (Fsp3) is 0.200. The first kappa shape index (κ1) is 20.3. The SMILES string of the molecule is CCCn1nc(C(=O)NNC(=O)COc2ccc(Cl)cc2)c2ccccc2c1=O. The van der Waals surface area contributed by atoms with Gasteiger partial charge in [-0.25, -0.2) is 4.68 Å². The molecule has 0 atom stereocenters. The molecule has 2 amide bonds. The van der Waals surface area contributed by atoms with Crippen LogP contribution in [0.1, 0.15) is 23.8 Å². The Labute approximate surface area is 171 Å². The molecule has 0 saturated carbocycles. The third-order valence-corrected chi connectivity index (χ3v) is 4.27. The molecule has 0 radical (unpaired) electrons. The lowest BCUT2D eigenvalue weighted by Crippen LogP contribution is -2.44. The monoisotopic (exact) mass is 414 g/mol. The van der Waals surface area contributed by atoms with E-state index in [1.165, 1.54) is 4.68 Å². The minimum Gasteiger partial charge on any atom is -0.484 e. The number of hydrogen-bond donors (Lipinski definition) is 2. The van der Waals surface area contributed by atoms with E-state index < -0.39 is 11.8 Å². The van der Waals surface area contributed by atoms with Crippen molar-refractivity contribution in [1.29, 1.82) is 0 Å². The molecule has 0 bridgehead atoms. The van der Waals surface area contributed by atoms with Crippen molar-refractivity contribution in [2.75, 3.05) is 6.61 Å². The summed E-state index contributed by atoms with van der Waals surface area (Å²) in [7, 11) is 0. The zero-order chi connectivity index (χ0) is 20.8. The number of ether oxygens (including phenoxy) is 1. The summed E-state index contributed by atoms with van der Waals surface area (Å²) in [5.74, 6) is -0.722. The van der Waals surface area contributed by atoms with Gasteiger partial charge in [0.15, 0.2) is 12.3 Å². The van der Waals surface area contributed by atoms with Crippen molar-refractivity contribution in [3.8, 4) is 5.75 Å². The fourth-order valence-electron chi connectivity index (χ4n) is 2.67. The maximum absolute atomic E-state index is 12.6. The van der Waals surface area contributed by atoms with Crippen molar-refractivity contribution in [1.82, 2.24) is 20.6 Å². The molecule has 0 spiro atoms. The number of hydrogen-bond acceptors (Lipinski definition) is 5. The molecule has 8 nitrogen and oxygen atoms in total. The number of benzene rings is 2. The van der Waals surface area contributed by atoms with Gasteiger partial charge in [-0.2, -0.15) is 5.10 Å². The molecule has 29 heavy (non-hydrogen) atoms. The summed E-state index contributed by atoms with van der Waals surface area (Å²) < 4.78 is 6.57. The lowest BCUT2D eigenvalue weighted by molar-refractivity contribution is -0.123. The molecule has 1 aromatic heterocycles. The van der Waals surface area contributed by atoms with E-state index in [0.29, 0.717) is 34.5 Å². The van der Waals surface area contributed by atoms with E-state index >= 15 is 0 Å². The predicted molar refractivity (Wildman–Crippen MR) is 109 cm³/mol. The average molecular weight is 415 g/mol. The molecule has 0 aliphatic carbocycles. The molecule has 1 heterocycles. The van der Waals surface area contributed by atoms with Crippen LogP contribution in [0.2, 0.25) is 5.02 Å². The molecule has 0 saturated heterocycles. The van der Waals surface area contributed by atoms with Gasteiger partial charge in [0.1, 0.15) is 5.75 Å². The maximum atomic E-state index is 12.6. The summed E-state index contributed by atoms with van der Waals surface area (Å²) in [6.07, 6.45) is 0.686. The van der Waals surface area contributed by atoms with E-state index in [2.05, 4.69) is 16.0 Å². The first-order valence-electron chi connectivity index (χ1n) is 8.97. The number of hydrazine groups is 1. The summed E-state index contributed by atoms with van der Waals surface area (Å²) in [5.41, 5.74) is 4.37. The molecular weight excluding hydrogens is 396 g/mol. The molecule has 0 fully saturated rings. The van der Waals surface area contributed by atoms with Crippen LogP contribution in [0, 0.1) is 0 Å². The van der Waals surface area contributed by atoms with E-state index in [-0.39, 0.29) is 17.9 Å². The summed E-state index contributed by atoms with van der Waals surface area (Å²) in [6, 6.07) is 13.2. The van der Waals surface area contributed by atoms with Gasteiger partial charge < -0.3 is 4.74 Å². The number of halogens is 1. The van der Waals surface area contributed by atoms with Crippen LogP contribution in [0.4, 0.5) is 0 Å². The van der Waals surface area contributed by atoms with Crippen LogP contribution in [0.3, 0.4) is 0 Å². The lowest BCUT2D eigenvalue weighted by Gasteiger charge is -2.12. The molecule has 0 unspecified atom stereocenters. The Morgan fingerprint density at radius 3 is 2.45 bits per heavy atom. The van der Waals surface area contributed by atoms with Crippen LogP contribution in [0.25, 0.3) is 10.8 Å². The van der Waals surface area contributed by atoms with Crippen LogP contribution in [0.5, 0.6) is 5.75 Å². The molecule has 3 aromatic rings. The van der Waals surface area contributed by atoms with E-state index in [9.17, 15) is 14.4 Å². The zero-order valence-electron chi connectivity index (χ0n) is 15.6. The second-order valence-corrected chi connectivity index (χ2v) is 6.60. The molecule has 2 aromatic carbocycles. The summed E-state index contributed by atoms with van der Waals surface area (Å²) in [5, 5.41) is 5.52. The number of carbonyl (C=O) groups is 2. The van der Waals surface area contributed by atoms with Gasteiger partial charge in [-0.3, -0.25) is 25.2 Å². The maximum Gasteiger partial charge on any atom is 0.290 e. The Morgan fingerprint density at radius 2 is 1.76 bits per heavy atom. The van der Waals surface area contributed by atoms with Crippen LogP contribution < -0.4 is 21.1 Å². The highest BCUT2D eigenvalue weighted by atomic mass is 35.5. The molecule has 0 aliphatic heterocycles. The van der Waals surface area contributed by atoms with Crippen LogP contribution >= 0.6 is 11.6 Å². The van der Waals surface area contributed by atoms with Gasteiger partial charge in [0, 0.05) is 17.0 Å². The number of carbonyl (C=O) groups excluding carboxylic acids is 2. The van der Waals surface area contributed by atoms with Gasteiger partial charge in [0.2, 0.25) is 0 Å². The highest BCUT2D eigenvalue weighted by Gasteiger charge is 2.17. The fourth-order valence-corrected chi connectivity index (χ4v) is 2.79. The summed E-state index contributed by atoms with van der Waals surface area (Å²) in [6.45, 7) is 1.99. The Bertz CT molecular complexity index is 1100. The van der Waals surface area contributed by atoms with Crippen molar-refractivity contribution in [3.05, 3.63) is 69.6 Å². The summed E-state index contributed by atoms with van der Waals surface area (Å²) >= 11 is 5.79. The summed E-state index contributed by atoms with van der Waals surface area (Å²) in [4.78, 5) is 37.0. The van der Waals surface area contributed by atoms with Gasteiger partial charge in [-0.05, 0) is 36.8 Å². The first-order valence-corrected chi connectivity index (χ1v) is 9.34. The van der Waals surface area contributed by atoms with Gasteiger partial charge in [-0.1, -0.05) is 36.7 Å². The van der Waals surface area contributed by atoms with E-state index in [1.54, 1.807) is 48.5 Å². The first-order chi connectivity index (χ1) is 14.0. The molecule has 3 rings (SSSR count). The van der Waals surface area contributed by atoms with Gasteiger partial charge >= 0.3 is 0 Å². The van der Waals surface area contributed by atoms with E-state index in [1.807, 2.05) is 6.92 Å². The molecular formula is C20H19ClN4O4. The van der Waals surface area contributed by atoms with Gasteiger partial charge in [0.25, 0.3) is 17.4 Å². The van der Waals surface area contributed by atoms with Gasteiger partial charge in [-0.15, -0.1) is 0 Å². The Hall–Kier alpha value is -3.39. The number of fused-ring (bicyclic) bond motifs is 1. The van der Waals surface area contributed by atoms with Crippen molar-refractivity contribution in [3.63, 3.8) is 0 Å². The number of nitrogens with zero attached hydrogens (tertiary/aromatic N) is 2. The Balaban J connectivity index is 1.69. The largest absolute Gasteiger partial charge is 0.484 e. The highest BCUT2D eigenvalue weighted by Crippen LogP contribution is 2.15. The molecule has 0 aliphatic rings. The predicted octanol–water partition coefficient (Wildman–Crippen LogP) is 2.30. The average Bonchev–Trinajstić information content (AvgIpc) is 2.73. The number of rotatable bonds is 6. The van der Waals surface area contributed by atoms with Gasteiger partial charge in [0.05, 0.1) is 5.39 Å². The van der Waals surface area contributed by atoms with Crippen molar-refractivity contribution >= 4 is 34.2 Å². The lowest BCUT2D eigenvalue weighted by atomic mass is 10.1. The smallest absolute Gasteiger partial charge is 0.290 e. The molecule has 9 heteroatoms. The minimum atomic E-state index is -0.633. The topological polar surface area (TPSA) is 102 Å². The van der Waals surface area contributed by atoms with Crippen LogP contribution in [-0.2, 0) is 11.3 Å². The molecule has 150 valence electrons. The van der Waals surface area contributed by atoms with Crippen molar-refractivity contribution in [2.24, 2.45) is 0 Å². The minimum absolute atomic E-state index is 0.0487. The zero-order valence-corrected chi connectivity index (χ0v) is 16.4. The number of aryl methyl sites for hydroxylation is 1. The van der Waals surface area contributed by atoms with E-state index in [4.69, 9.17) is 16.3 Å². The quantitative estimate of drug-likeness (QED) is 0.602. The second-order valence-electron chi connectivity index (χ2n) is 6.17. The third-order valence-electron chi connectivity index (χ3n) is 4.02. The number of amides is 2. The third kappa shape index (κ3) is 4.91. The number of aromatic nitrogens is 2. The Morgan fingerprint density at radius 1 is 1.07 bits per heavy atom. The standard InChI is InChI=1S/C20H19ClN4O4/c1-2-11-25-20(28)16-6-4-3-5-15(16)18(24-25)19(27)23-22-17(26)12-29-14-9-7-13(21)8-10-14/h3-10H,2,11-12H2,1H3,(H,22,26)(H,23,27). The normalized spacial score (nSPS) is 10.6. The van der Waals surface area contributed by atoms with Crippen molar-refractivity contribution in [2.45, 2.75) is 19.9 Å². The van der Waals surface area contributed by atoms with E-state index in [0.717, 1.165) is 0 Å². The van der Waals surface area contributed by atoms with Crippen molar-refractivity contribution < 1.29 is 14.3 Å².